The van der Waals surface area contributed by atoms with Crippen molar-refractivity contribution in [1.82, 2.24) is 19.8 Å². The van der Waals surface area contributed by atoms with Gasteiger partial charge in [0.15, 0.2) is 0 Å². The van der Waals surface area contributed by atoms with Crippen LogP contribution >= 0.6 is 0 Å². The van der Waals surface area contributed by atoms with Crippen molar-refractivity contribution in [3.05, 3.63) is 41.4 Å². The third kappa shape index (κ3) is 2.94. The molecule has 2 aliphatic rings. The average molecular weight is 342 g/mol. The van der Waals surface area contributed by atoms with Crippen molar-refractivity contribution in [2.75, 3.05) is 6.54 Å². The average Bonchev–Trinajstić information content (AvgIpc) is 3.19. The van der Waals surface area contributed by atoms with E-state index in [4.69, 9.17) is 4.42 Å². The SMILES string of the molecule is Cn1c(CNC(=O)C2CCC2)nc2c1CN(C(=O)c1ccoc1)CC2. The second kappa shape index (κ2) is 6.38. The zero-order valence-corrected chi connectivity index (χ0v) is 14.3. The Kier molecular flexibility index (Phi) is 4.07. The topological polar surface area (TPSA) is 80.4 Å². The van der Waals surface area contributed by atoms with Crippen molar-refractivity contribution in [3.63, 3.8) is 0 Å². The summed E-state index contributed by atoms with van der Waals surface area (Å²) in [5, 5.41) is 2.99. The van der Waals surface area contributed by atoms with E-state index in [0.29, 0.717) is 25.2 Å². The minimum atomic E-state index is -0.0274. The van der Waals surface area contributed by atoms with Gasteiger partial charge < -0.3 is 19.2 Å². The molecule has 0 unspecified atom stereocenters. The monoisotopic (exact) mass is 342 g/mol. The Balaban J connectivity index is 1.44. The van der Waals surface area contributed by atoms with E-state index in [-0.39, 0.29) is 17.7 Å². The number of nitrogens with one attached hydrogen (secondary N) is 1. The smallest absolute Gasteiger partial charge is 0.257 e. The second-order valence-electron chi connectivity index (χ2n) is 6.81. The van der Waals surface area contributed by atoms with Crippen LogP contribution in [0.4, 0.5) is 0 Å². The van der Waals surface area contributed by atoms with Crippen molar-refractivity contribution in [2.45, 2.75) is 38.8 Å². The third-order valence-electron chi connectivity index (χ3n) is 5.30. The van der Waals surface area contributed by atoms with Crippen molar-refractivity contribution < 1.29 is 14.0 Å². The van der Waals surface area contributed by atoms with E-state index in [1.54, 1.807) is 6.07 Å². The largest absolute Gasteiger partial charge is 0.472 e. The van der Waals surface area contributed by atoms with Gasteiger partial charge in [-0.15, -0.1) is 0 Å². The van der Waals surface area contributed by atoms with Crippen LogP contribution in [0.25, 0.3) is 0 Å². The van der Waals surface area contributed by atoms with Gasteiger partial charge in [0, 0.05) is 25.9 Å². The fourth-order valence-electron chi connectivity index (χ4n) is 3.42. The molecule has 1 N–H and O–H groups in total. The first-order valence-electron chi connectivity index (χ1n) is 8.76. The maximum Gasteiger partial charge on any atom is 0.257 e. The minimum Gasteiger partial charge on any atom is -0.472 e. The summed E-state index contributed by atoms with van der Waals surface area (Å²) in [6.45, 7) is 1.61. The van der Waals surface area contributed by atoms with Crippen LogP contribution in [0.3, 0.4) is 0 Å². The third-order valence-corrected chi connectivity index (χ3v) is 5.30. The van der Waals surface area contributed by atoms with Gasteiger partial charge in [0.1, 0.15) is 12.1 Å². The summed E-state index contributed by atoms with van der Waals surface area (Å²) >= 11 is 0. The maximum absolute atomic E-state index is 12.5. The number of hydrogen-bond acceptors (Lipinski definition) is 4. The van der Waals surface area contributed by atoms with Gasteiger partial charge in [-0.25, -0.2) is 4.98 Å². The fraction of sp³-hybridized carbons (Fsp3) is 0.500. The van der Waals surface area contributed by atoms with Crippen LogP contribution in [0.15, 0.2) is 23.0 Å². The van der Waals surface area contributed by atoms with E-state index in [2.05, 4.69) is 10.3 Å². The maximum atomic E-state index is 12.5. The molecule has 132 valence electrons. The molecule has 1 saturated carbocycles. The molecule has 0 saturated heterocycles. The van der Waals surface area contributed by atoms with Crippen LogP contribution in [-0.4, -0.2) is 32.8 Å². The molecule has 1 fully saturated rings. The number of carbonyl (C=O) groups excluding carboxylic acids is 2. The molecule has 2 amide bonds. The number of aromatic nitrogens is 2. The van der Waals surface area contributed by atoms with Gasteiger partial charge >= 0.3 is 0 Å². The lowest BCUT2D eigenvalue weighted by atomic mass is 9.85. The Bertz CT molecular complexity index is 790. The molecule has 0 bridgehead atoms. The molecule has 1 aliphatic heterocycles. The minimum absolute atomic E-state index is 0.0274. The Morgan fingerprint density at radius 2 is 2.24 bits per heavy atom. The molecule has 2 aromatic heterocycles. The molecule has 1 aliphatic carbocycles. The van der Waals surface area contributed by atoms with Crippen LogP contribution in [0.5, 0.6) is 0 Å². The predicted octanol–water partition coefficient (Wildman–Crippen LogP) is 1.63. The lowest BCUT2D eigenvalue weighted by Gasteiger charge is -2.26. The van der Waals surface area contributed by atoms with Crippen molar-refractivity contribution in [2.24, 2.45) is 13.0 Å². The van der Waals surface area contributed by atoms with Crippen LogP contribution in [-0.2, 0) is 31.4 Å². The summed E-state index contributed by atoms with van der Waals surface area (Å²) in [5.74, 6) is 1.12. The van der Waals surface area contributed by atoms with Crippen LogP contribution < -0.4 is 5.32 Å². The van der Waals surface area contributed by atoms with Crippen LogP contribution in [0.2, 0.25) is 0 Å². The summed E-state index contributed by atoms with van der Waals surface area (Å²) in [7, 11) is 1.95. The number of amides is 2. The molecule has 7 nitrogen and oxygen atoms in total. The van der Waals surface area contributed by atoms with Gasteiger partial charge in [0.2, 0.25) is 5.91 Å². The Morgan fingerprint density at radius 1 is 1.40 bits per heavy atom. The molecule has 7 heteroatoms. The van der Waals surface area contributed by atoms with E-state index in [1.165, 1.54) is 12.5 Å². The van der Waals surface area contributed by atoms with E-state index in [0.717, 1.165) is 42.9 Å². The first-order chi connectivity index (χ1) is 12.1. The molecule has 0 radical (unpaired) electrons. The second-order valence-corrected chi connectivity index (χ2v) is 6.81. The molecule has 0 atom stereocenters. The van der Waals surface area contributed by atoms with E-state index < -0.39 is 0 Å². The first-order valence-corrected chi connectivity index (χ1v) is 8.76. The number of nitrogens with zero attached hydrogens (tertiary/aromatic N) is 3. The number of imidazole rings is 1. The molecule has 0 spiro atoms. The summed E-state index contributed by atoms with van der Waals surface area (Å²) < 4.78 is 7.01. The Labute approximate surface area is 146 Å². The van der Waals surface area contributed by atoms with Crippen LogP contribution in [0, 0.1) is 5.92 Å². The zero-order valence-electron chi connectivity index (χ0n) is 14.3. The van der Waals surface area contributed by atoms with Gasteiger partial charge in [-0.05, 0) is 18.9 Å². The van der Waals surface area contributed by atoms with Gasteiger partial charge in [0.25, 0.3) is 5.91 Å². The van der Waals surface area contributed by atoms with Crippen molar-refractivity contribution >= 4 is 11.8 Å². The predicted molar refractivity (Wildman–Crippen MR) is 89.5 cm³/mol. The van der Waals surface area contributed by atoms with E-state index in [1.807, 2.05) is 16.5 Å². The normalized spacial score (nSPS) is 17.1. The highest BCUT2D eigenvalue weighted by Crippen LogP contribution is 2.26. The highest BCUT2D eigenvalue weighted by Gasteiger charge is 2.28. The fourth-order valence-corrected chi connectivity index (χ4v) is 3.42. The summed E-state index contributed by atoms with van der Waals surface area (Å²) in [6.07, 6.45) is 6.85. The number of rotatable bonds is 4. The quantitative estimate of drug-likeness (QED) is 0.916. The summed E-state index contributed by atoms with van der Waals surface area (Å²) in [4.78, 5) is 31.0. The molecule has 2 aromatic rings. The van der Waals surface area contributed by atoms with Crippen molar-refractivity contribution in [1.29, 1.82) is 0 Å². The van der Waals surface area contributed by atoms with Crippen LogP contribution in [0.1, 0.15) is 46.8 Å². The molecular weight excluding hydrogens is 320 g/mol. The van der Waals surface area contributed by atoms with Gasteiger partial charge in [-0.1, -0.05) is 6.42 Å². The van der Waals surface area contributed by atoms with Gasteiger partial charge in [-0.2, -0.15) is 0 Å². The molecule has 25 heavy (non-hydrogen) atoms. The number of hydrogen-bond donors (Lipinski definition) is 1. The first kappa shape index (κ1) is 15.9. The van der Waals surface area contributed by atoms with Gasteiger partial charge in [0.05, 0.1) is 36.3 Å². The number of carbonyl (C=O) groups is 2. The molecule has 3 heterocycles. The molecular formula is C18H22N4O3. The standard InChI is InChI=1S/C18H22N4O3/c1-21-15-10-22(18(24)13-6-8-25-11-13)7-5-14(15)20-16(21)9-19-17(23)12-3-2-4-12/h6,8,11-12H,2-5,7,9-10H2,1H3,(H,19,23). The molecule has 4 rings (SSSR count). The lowest BCUT2D eigenvalue weighted by molar-refractivity contribution is -0.127. The number of fused-ring (bicyclic) bond motifs is 1. The summed E-state index contributed by atoms with van der Waals surface area (Å²) in [5.41, 5.74) is 2.63. The Morgan fingerprint density at radius 3 is 2.92 bits per heavy atom. The summed E-state index contributed by atoms with van der Waals surface area (Å²) in [6, 6.07) is 1.68. The highest BCUT2D eigenvalue weighted by atomic mass is 16.3. The zero-order chi connectivity index (χ0) is 17.4. The van der Waals surface area contributed by atoms with E-state index in [9.17, 15) is 9.59 Å². The number of furan rings is 1. The highest BCUT2D eigenvalue weighted by molar-refractivity contribution is 5.93. The lowest BCUT2D eigenvalue weighted by Crippen LogP contribution is -2.36. The Hall–Kier alpha value is -2.57. The molecule has 0 aromatic carbocycles. The van der Waals surface area contributed by atoms with Gasteiger partial charge in [-0.3, -0.25) is 9.59 Å². The van der Waals surface area contributed by atoms with E-state index >= 15 is 0 Å². The van der Waals surface area contributed by atoms with Crippen molar-refractivity contribution in [3.8, 4) is 0 Å².